The van der Waals surface area contributed by atoms with Gasteiger partial charge in [-0.3, -0.25) is 0 Å². The maximum Gasteiger partial charge on any atom is 0.293 e. The predicted molar refractivity (Wildman–Crippen MR) is 97.6 cm³/mol. The summed E-state index contributed by atoms with van der Waals surface area (Å²) in [6, 6.07) is 6.96. The average molecular weight is 327 g/mol. The quantitative estimate of drug-likeness (QED) is 0.746. The summed E-state index contributed by atoms with van der Waals surface area (Å²) >= 11 is 0. The molecule has 4 nitrogen and oxygen atoms in total. The minimum Gasteiger partial charge on any atom is -0.506 e. The number of nitrogens with zero attached hydrogens (tertiary/aromatic N) is 3. The molecule has 0 unspecified atom stereocenters. The van der Waals surface area contributed by atoms with Gasteiger partial charge in [-0.1, -0.05) is 52.8 Å². The van der Waals surface area contributed by atoms with Crippen molar-refractivity contribution in [2.24, 2.45) is 5.41 Å². The second-order valence-corrected chi connectivity index (χ2v) is 8.03. The van der Waals surface area contributed by atoms with E-state index in [1.165, 1.54) is 4.80 Å². The number of fused-ring (bicyclic) bond motifs is 1. The van der Waals surface area contributed by atoms with Crippen molar-refractivity contribution in [3.8, 4) is 11.4 Å². The van der Waals surface area contributed by atoms with Gasteiger partial charge in [-0.25, -0.2) is 0 Å². The van der Waals surface area contributed by atoms with Crippen LogP contribution in [0.5, 0.6) is 5.75 Å². The maximum atomic E-state index is 8.84. The van der Waals surface area contributed by atoms with Crippen LogP contribution in [0.15, 0.2) is 42.4 Å². The van der Waals surface area contributed by atoms with Gasteiger partial charge in [0.25, 0.3) is 1.43 Å². The summed E-state index contributed by atoms with van der Waals surface area (Å²) in [4.78, 5) is 1.24. The third-order valence-corrected chi connectivity index (χ3v) is 3.90. The molecule has 0 atom stereocenters. The van der Waals surface area contributed by atoms with Gasteiger partial charge in [-0.15, -0.1) is 15.0 Å². The van der Waals surface area contributed by atoms with E-state index in [0.29, 0.717) is 23.0 Å². The zero-order valence-electron chi connectivity index (χ0n) is 18.8. The summed E-state index contributed by atoms with van der Waals surface area (Å²) < 4.78 is 33.1. The van der Waals surface area contributed by atoms with E-state index in [0.717, 1.165) is 0 Å². The van der Waals surface area contributed by atoms with E-state index in [2.05, 4.69) is 36.1 Å². The summed E-state index contributed by atoms with van der Waals surface area (Å²) in [6.45, 7) is 10.3. The van der Waals surface area contributed by atoms with Crippen LogP contribution in [0.3, 0.4) is 0 Å². The molecule has 0 aliphatic rings. The second kappa shape index (κ2) is 5.62. The molecule has 0 radical (unpaired) electrons. The first kappa shape index (κ1) is 12.1. The highest BCUT2D eigenvalue weighted by Gasteiger charge is 2.28. The Labute approximate surface area is 148 Å². The molecule has 0 bridgehead atoms. The molecule has 0 aliphatic carbocycles. The molecule has 1 heterocycles. The number of benzene rings is 2. The molecule has 0 saturated heterocycles. The van der Waals surface area contributed by atoms with Crippen LogP contribution < -0.4 is 0 Å². The Balaban J connectivity index is 2.32. The lowest BCUT2D eigenvalue weighted by Crippen LogP contribution is -2.25. The molecule has 0 fully saturated rings. The summed E-state index contributed by atoms with van der Waals surface area (Å²) in [5.41, 5.74) is 1.25. The number of phenols is 1. The highest BCUT2D eigenvalue weighted by Crippen LogP contribution is 2.38. The molecule has 4 heteroatoms. The molecule has 3 rings (SSSR count). The fraction of sp³-hybridized carbons (Fsp3) is 0.400. The Hall–Kier alpha value is -2.36. The van der Waals surface area contributed by atoms with Gasteiger partial charge < -0.3 is 5.11 Å². The molecule has 24 heavy (non-hydrogen) atoms. The van der Waals surface area contributed by atoms with E-state index in [4.69, 9.17) is 5.54 Å². The molecule has 0 amide bonds. The first-order chi connectivity index (χ1) is 13.0. The van der Waals surface area contributed by atoms with Gasteiger partial charge in [0, 0.05) is 0 Å². The van der Waals surface area contributed by atoms with Crippen molar-refractivity contribution in [3.05, 3.63) is 48.0 Å². The van der Waals surface area contributed by atoms with Crippen LogP contribution in [0, 0.1) is 5.41 Å². The van der Waals surface area contributed by atoms with Crippen LogP contribution in [0.4, 0.5) is 0 Å². The first-order valence-electron chi connectivity index (χ1n) is 9.97. The molecular weight excluding hydrogens is 298 g/mol. The zero-order valence-corrected chi connectivity index (χ0v) is 14.8. The van der Waals surface area contributed by atoms with E-state index >= 15 is 0 Å². The van der Waals surface area contributed by atoms with Gasteiger partial charge in [0.05, 0.1) is 4.11 Å². The van der Waals surface area contributed by atoms with Gasteiger partial charge in [-0.2, -0.15) is 0 Å². The van der Waals surface area contributed by atoms with Crippen molar-refractivity contribution in [2.75, 3.05) is 0 Å². The average Bonchev–Trinajstić information content (AvgIpc) is 2.98. The highest BCUT2D eigenvalue weighted by atomic mass is 16.3. The number of aromatic hydroxyl groups is 1. The molecular formula is C20H25N3O. The van der Waals surface area contributed by atoms with Crippen molar-refractivity contribution in [3.63, 3.8) is 0 Å². The first-order valence-corrected chi connectivity index (χ1v) is 8.06. The minimum absolute atomic E-state index is 0.0119. The summed E-state index contributed by atoms with van der Waals surface area (Å²) in [5.74, 6) is -0.189. The molecule has 1 N–H and O–H groups in total. The Morgan fingerprint density at radius 1 is 1.08 bits per heavy atom. The third-order valence-electron chi connectivity index (χ3n) is 3.90. The van der Waals surface area contributed by atoms with Crippen molar-refractivity contribution in [1.29, 1.82) is 1.43 Å². The highest BCUT2D eigenvalue weighted by molar-refractivity contribution is 5.73. The fourth-order valence-electron chi connectivity index (χ4n) is 3.24. The molecule has 2 aromatic carbocycles. The van der Waals surface area contributed by atoms with Crippen molar-refractivity contribution < 1.29 is 9.22 Å². The van der Waals surface area contributed by atoms with Gasteiger partial charge in [0.1, 0.15) is 22.5 Å². The molecule has 1 aromatic heterocycles. The summed E-state index contributed by atoms with van der Waals surface area (Å²) in [7, 11) is 0. The zero-order chi connectivity index (χ0) is 20.9. The van der Waals surface area contributed by atoms with Crippen molar-refractivity contribution in [1.82, 2.24) is 15.0 Å². The van der Waals surface area contributed by atoms with Gasteiger partial charge in [0.15, 0.2) is 0 Å². The third kappa shape index (κ3) is 3.28. The number of hydrogen-bond donors (Lipinski definition) is 1. The molecule has 0 aliphatic heterocycles. The summed E-state index contributed by atoms with van der Waals surface area (Å²) in [6.07, 6.45) is 0.715. The Kier molecular flexibility index (Phi) is 2.83. The van der Waals surface area contributed by atoms with Gasteiger partial charge in [0.2, 0.25) is 0 Å². The monoisotopic (exact) mass is 327 g/mol. The molecule has 0 spiro atoms. The molecule has 0 saturated carbocycles. The van der Waals surface area contributed by atoms with Gasteiger partial charge >= 0.3 is 0 Å². The number of rotatable bonds is 4. The van der Waals surface area contributed by atoms with Crippen LogP contribution >= 0.6 is 0 Å². The largest absolute Gasteiger partial charge is 0.506 e. The normalized spacial score (nSPS) is 14.9. The lowest BCUT2D eigenvalue weighted by Gasteiger charge is -2.33. The standard InChI is InChI=1S/C20H25N3O/c1-19(2,3)13-20(4,5)14-10-11-18(24)17(12-14)23-21-15-8-6-7-9-16(15)22-23/h6-12,24H,13H2,1-5H3/i10D,11D,12D/hD. The predicted octanol–water partition coefficient (Wildman–Crippen LogP) is 4.84. The van der Waals surface area contributed by atoms with Crippen molar-refractivity contribution in [2.45, 2.75) is 46.5 Å². The Bertz CT molecular complexity index is 1010. The fourth-order valence-corrected chi connectivity index (χ4v) is 3.24. The Morgan fingerprint density at radius 2 is 1.71 bits per heavy atom. The Morgan fingerprint density at radius 3 is 2.25 bits per heavy atom. The van der Waals surface area contributed by atoms with Crippen LogP contribution in [-0.2, 0) is 5.41 Å². The number of phenolic OH excluding ortho intramolecular Hbond substituents is 1. The van der Waals surface area contributed by atoms with Crippen molar-refractivity contribution >= 4 is 11.0 Å². The number of hydrogen-bond acceptors (Lipinski definition) is 3. The van der Waals surface area contributed by atoms with Crippen LogP contribution in [0.2, 0.25) is 0 Å². The number of aromatic nitrogens is 3. The molecule has 126 valence electrons. The van der Waals surface area contributed by atoms with Gasteiger partial charge in [-0.05, 0) is 47.0 Å². The van der Waals surface area contributed by atoms with Crippen LogP contribution in [0.1, 0.15) is 50.7 Å². The van der Waals surface area contributed by atoms with E-state index in [9.17, 15) is 0 Å². The lowest BCUT2D eigenvalue weighted by atomic mass is 9.72. The van der Waals surface area contributed by atoms with Crippen LogP contribution in [-0.4, -0.2) is 21.5 Å². The van der Waals surface area contributed by atoms with E-state index in [1.54, 1.807) is 12.1 Å². The van der Waals surface area contributed by atoms with E-state index in [-0.39, 0.29) is 35.0 Å². The smallest absolute Gasteiger partial charge is 0.293 e. The molecule has 3 aromatic rings. The topological polar surface area (TPSA) is 50.9 Å². The SMILES string of the molecule is [2H]Oc1c([2H])c([2H])c(C(C)(C)CC(C)(C)C)c([2H])c1-n1nc2ccccc2n1. The van der Waals surface area contributed by atoms with E-state index < -0.39 is 5.41 Å². The minimum atomic E-state index is -0.538. The van der Waals surface area contributed by atoms with E-state index in [1.807, 2.05) is 26.0 Å². The lowest BCUT2D eigenvalue weighted by molar-refractivity contribution is 0.284. The van der Waals surface area contributed by atoms with Crippen LogP contribution in [0.25, 0.3) is 16.7 Å². The summed E-state index contributed by atoms with van der Waals surface area (Å²) in [5, 5.41) is 13.5. The maximum absolute atomic E-state index is 8.84. The second-order valence-electron chi connectivity index (χ2n) is 8.03.